The Morgan fingerprint density at radius 2 is 1.55 bits per heavy atom. The van der Waals surface area contributed by atoms with E-state index in [1.807, 2.05) is 0 Å². The van der Waals surface area contributed by atoms with Gasteiger partial charge >= 0.3 is 11.9 Å². The minimum Gasteiger partial charge on any atom is -0.508 e. The number of carbonyl (C=O) groups is 2. The molecular formula is C39H54O5. The molecule has 5 aliphatic carbocycles. The van der Waals surface area contributed by atoms with Crippen LogP contribution in [0.4, 0.5) is 0 Å². The lowest BCUT2D eigenvalue weighted by Crippen LogP contribution is -2.65. The molecule has 4 saturated carbocycles. The predicted octanol–water partition coefficient (Wildman–Crippen LogP) is 9.20. The summed E-state index contributed by atoms with van der Waals surface area (Å²) in [5, 5.41) is 20.2. The number of phenolic OH excluding ortho intramolecular Hbond substituents is 1. The van der Waals surface area contributed by atoms with Crippen molar-refractivity contribution in [1.82, 2.24) is 0 Å². The zero-order valence-electron chi connectivity index (χ0n) is 28.0. The lowest BCUT2D eigenvalue weighted by Gasteiger charge is -2.71. The van der Waals surface area contributed by atoms with Crippen molar-refractivity contribution in [3.8, 4) is 5.75 Å². The fraction of sp³-hybridized carbons (Fsp3) is 0.692. The molecule has 0 saturated heterocycles. The number of phenols is 1. The van der Waals surface area contributed by atoms with Gasteiger partial charge in [-0.25, -0.2) is 4.79 Å². The summed E-state index contributed by atoms with van der Waals surface area (Å²) >= 11 is 0. The first-order chi connectivity index (χ1) is 20.5. The molecule has 0 heterocycles. The van der Waals surface area contributed by atoms with Crippen LogP contribution in [0, 0.1) is 50.2 Å². The number of ether oxygens (including phenoxy) is 1. The van der Waals surface area contributed by atoms with E-state index in [4.69, 9.17) is 4.74 Å². The fourth-order valence-corrected chi connectivity index (χ4v) is 11.7. The average molecular weight is 603 g/mol. The van der Waals surface area contributed by atoms with E-state index in [9.17, 15) is 19.8 Å². The monoisotopic (exact) mass is 602 g/mol. The number of aliphatic carboxylic acids is 1. The first kappa shape index (κ1) is 31.4. The van der Waals surface area contributed by atoms with Gasteiger partial charge in [0.15, 0.2) is 0 Å². The van der Waals surface area contributed by atoms with Crippen LogP contribution in [-0.4, -0.2) is 28.3 Å². The summed E-state index contributed by atoms with van der Waals surface area (Å²) in [6, 6.07) is 6.79. The second-order valence-corrected chi connectivity index (χ2v) is 17.4. The summed E-state index contributed by atoms with van der Waals surface area (Å²) in [6.07, 6.45) is 15.3. The van der Waals surface area contributed by atoms with Crippen molar-refractivity contribution < 1.29 is 24.5 Å². The molecule has 5 aliphatic rings. The summed E-state index contributed by atoms with van der Waals surface area (Å²) in [6.45, 7) is 16.9. The largest absolute Gasteiger partial charge is 0.508 e. The van der Waals surface area contributed by atoms with Crippen LogP contribution in [0.1, 0.15) is 118 Å². The molecule has 5 nitrogen and oxygen atoms in total. The number of carbonyl (C=O) groups excluding carboxylic acids is 1. The maximum Gasteiger partial charge on any atom is 0.331 e. The summed E-state index contributed by atoms with van der Waals surface area (Å²) in [5.74, 6) is 0.409. The predicted molar refractivity (Wildman–Crippen MR) is 174 cm³/mol. The van der Waals surface area contributed by atoms with Gasteiger partial charge < -0.3 is 14.9 Å². The lowest BCUT2D eigenvalue weighted by molar-refractivity contribution is -0.212. The molecule has 0 bridgehead atoms. The molecule has 4 fully saturated rings. The first-order valence-corrected chi connectivity index (χ1v) is 17.1. The van der Waals surface area contributed by atoms with E-state index in [2.05, 4.69) is 54.5 Å². The van der Waals surface area contributed by atoms with Crippen molar-refractivity contribution in [2.24, 2.45) is 50.2 Å². The second kappa shape index (κ2) is 10.2. The highest BCUT2D eigenvalue weighted by Gasteiger charge is 2.69. The van der Waals surface area contributed by atoms with Crippen LogP contribution < -0.4 is 0 Å². The standard InChI is InChI=1S/C39H54O5/c1-34(2)20-22-39(33(42)43)23-21-37(6)27(28(39)24-34)13-14-30-36(5)18-17-31(35(3,4)29(36)16-19-38(30,37)7)44-32(41)15-10-25-8-11-26(40)12-9-25/h8-13,15,28-31,40H,14,16-24H2,1-7H3,(H,42,43)/b15-10+/t28-,29-,30+,31-,36-,37+,38+,39-/m0/s1. The van der Waals surface area contributed by atoms with Gasteiger partial charge in [-0.05, 0) is 127 Å². The summed E-state index contributed by atoms with van der Waals surface area (Å²) in [5.41, 5.74) is 1.98. The van der Waals surface area contributed by atoms with Gasteiger partial charge in [0.25, 0.3) is 0 Å². The Hall–Kier alpha value is -2.56. The number of benzene rings is 1. The van der Waals surface area contributed by atoms with Gasteiger partial charge in [0.2, 0.25) is 0 Å². The molecule has 0 spiro atoms. The number of hydrogen-bond donors (Lipinski definition) is 2. The highest BCUT2D eigenvalue weighted by Crippen LogP contribution is 2.75. The highest BCUT2D eigenvalue weighted by atomic mass is 16.5. The molecule has 0 amide bonds. The van der Waals surface area contributed by atoms with E-state index in [1.54, 1.807) is 30.3 Å². The Balaban J connectivity index is 1.26. The molecule has 240 valence electrons. The molecule has 2 N–H and O–H groups in total. The number of esters is 1. The number of carboxylic acids is 1. The van der Waals surface area contributed by atoms with Crippen LogP contribution in [0.2, 0.25) is 0 Å². The molecule has 1 aromatic rings. The van der Waals surface area contributed by atoms with Gasteiger partial charge in [-0.3, -0.25) is 4.79 Å². The Bertz CT molecular complexity index is 1390. The second-order valence-electron chi connectivity index (χ2n) is 17.4. The SMILES string of the molecule is CC1(C)CC[C@]2(C(=O)O)CC[C@]3(C)C(=CC[C@@H]4[C@@]5(C)CC[C@H](OC(=O)/C=C/c6ccc(O)cc6)C(C)(C)[C@@H]5CC[C@]43C)[C@@H]2C1. The number of allylic oxidation sites excluding steroid dienone is 2. The molecule has 1 aromatic carbocycles. The van der Waals surface area contributed by atoms with E-state index in [1.165, 1.54) is 11.6 Å². The molecule has 0 aromatic heterocycles. The highest BCUT2D eigenvalue weighted by molar-refractivity contribution is 5.87. The van der Waals surface area contributed by atoms with E-state index < -0.39 is 11.4 Å². The fourth-order valence-electron chi connectivity index (χ4n) is 11.7. The van der Waals surface area contributed by atoms with Gasteiger partial charge in [-0.2, -0.15) is 0 Å². The third-order valence-electron chi connectivity index (χ3n) is 14.6. The minimum atomic E-state index is -0.605. The number of fused-ring (bicyclic) bond motifs is 7. The average Bonchev–Trinajstić information content (AvgIpc) is 2.94. The third kappa shape index (κ3) is 4.53. The Labute approximate surface area is 264 Å². The van der Waals surface area contributed by atoms with Crippen LogP contribution in [0.5, 0.6) is 5.75 Å². The van der Waals surface area contributed by atoms with Gasteiger partial charge in [-0.15, -0.1) is 0 Å². The maximum atomic E-state index is 13.0. The lowest BCUT2D eigenvalue weighted by atomic mass is 9.33. The van der Waals surface area contributed by atoms with Gasteiger partial charge in [0.05, 0.1) is 5.41 Å². The summed E-state index contributed by atoms with van der Waals surface area (Å²) in [7, 11) is 0. The molecule has 0 unspecified atom stereocenters. The van der Waals surface area contributed by atoms with Crippen molar-refractivity contribution >= 4 is 18.0 Å². The van der Waals surface area contributed by atoms with Crippen LogP contribution in [0.15, 0.2) is 42.0 Å². The van der Waals surface area contributed by atoms with Crippen molar-refractivity contribution in [3.05, 3.63) is 47.6 Å². The number of carboxylic acid groups (broad SMARTS) is 1. The summed E-state index contributed by atoms with van der Waals surface area (Å²) in [4.78, 5) is 25.9. The minimum absolute atomic E-state index is 0.00735. The van der Waals surface area contributed by atoms with E-state index >= 15 is 0 Å². The van der Waals surface area contributed by atoms with Crippen molar-refractivity contribution in [3.63, 3.8) is 0 Å². The quantitative estimate of drug-likeness (QED) is 0.204. The zero-order valence-corrected chi connectivity index (χ0v) is 28.0. The van der Waals surface area contributed by atoms with Gasteiger partial charge in [0.1, 0.15) is 11.9 Å². The van der Waals surface area contributed by atoms with Crippen molar-refractivity contribution in [2.75, 3.05) is 0 Å². The zero-order chi connectivity index (χ0) is 31.9. The first-order valence-electron chi connectivity index (χ1n) is 17.1. The normalized spacial score (nSPS) is 42.2. The van der Waals surface area contributed by atoms with Crippen molar-refractivity contribution in [1.29, 1.82) is 0 Å². The number of hydrogen-bond acceptors (Lipinski definition) is 4. The molecular weight excluding hydrogens is 548 g/mol. The maximum absolute atomic E-state index is 13.0. The van der Waals surface area contributed by atoms with Gasteiger partial charge in [-0.1, -0.05) is 72.2 Å². The third-order valence-corrected chi connectivity index (χ3v) is 14.6. The van der Waals surface area contributed by atoms with Crippen LogP contribution in [-0.2, 0) is 14.3 Å². The van der Waals surface area contributed by atoms with Crippen LogP contribution in [0.25, 0.3) is 6.08 Å². The van der Waals surface area contributed by atoms with Gasteiger partial charge in [0, 0.05) is 11.5 Å². The molecule has 5 heteroatoms. The number of aromatic hydroxyl groups is 1. The Kier molecular flexibility index (Phi) is 7.30. The Morgan fingerprint density at radius 3 is 2.23 bits per heavy atom. The topological polar surface area (TPSA) is 83.8 Å². The van der Waals surface area contributed by atoms with Crippen LogP contribution >= 0.6 is 0 Å². The summed E-state index contributed by atoms with van der Waals surface area (Å²) < 4.78 is 6.18. The molecule has 0 aliphatic heterocycles. The molecule has 44 heavy (non-hydrogen) atoms. The van der Waals surface area contributed by atoms with E-state index in [0.29, 0.717) is 11.8 Å². The molecule has 6 rings (SSSR count). The smallest absolute Gasteiger partial charge is 0.331 e. The van der Waals surface area contributed by atoms with Crippen LogP contribution in [0.3, 0.4) is 0 Å². The number of rotatable bonds is 4. The van der Waals surface area contributed by atoms with Crippen molar-refractivity contribution in [2.45, 2.75) is 119 Å². The van der Waals surface area contributed by atoms with E-state index in [-0.39, 0.29) is 50.8 Å². The Morgan fingerprint density at radius 1 is 0.864 bits per heavy atom. The molecule has 8 atom stereocenters. The molecule has 0 radical (unpaired) electrons. The van der Waals surface area contributed by atoms with E-state index in [0.717, 1.165) is 69.8 Å².